The molecular formula is C12H17NO2. The third kappa shape index (κ3) is 2.98. The molecule has 1 N–H and O–H groups in total. The van der Waals surface area contributed by atoms with E-state index in [9.17, 15) is 4.79 Å². The van der Waals surface area contributed by atoms with Crippen molar-refractivity contribution in [1.29, 1.82) is 0 Å². The maximum atomic E-state index is 11.1. The van der Waals surface area contributed by atoms with Gasteiger partial charge in [-0.2, -0.15) is 0 Å². The Morgan fingerprint density at radius 3 is 2.67 bits per heavy atom. The summed E-state index contributed by atoms with van der Waals surface area (Å²) in [4.78, 5) is 11.1. The number of aryl methyl sites for hydroxylation is 2. The van der Waals surface area contributed by atoms with Gasteiger partial charge >= 0.3 is 6.09 Å². The average molecular weight is 207 g/mol. The Kier molecular flexibility index (Phi) is 3.72. The second-order valence-corrected chi connectivity index (χ2v) is 3.72. The highest BCUT2D eigenvalue weighted by Gasteiger charge is 2.11. The van der Waals surface area contributed by atoms with E-state index in [1.54, 1.807) is 0 Å². The summed E-state index contributed by atoms with van der Waals surface area (Å²) in [5, 5.41) is 2.75. The SMILES string of the molecule is COC(=O)N[C@@H](C)c1cc(C)ccc1C. The summed E-state index contributed by atoms with van der Waals surface area (Å²) in [6, 6.07) is 6.16. The van der Waals surface area contributed by atoms with Crippen molar-refractivity contribution >= 4 is 6.09 Å². The van der Waals surface area contributed by atoms with E-state index in [2.05, 4.69) is 28.3 Å². The van der Waals surface area contributed by atoms with E-state index in [1.165, 1.54) is 18.2 Å². The summed E-state index contributed by atoms with van der Waals surface area (Å²) >= 11 is 0. The molecule has 1 rings (SSSR count). The molecule has 0 aliphatic heterocycles. The zero-order valence-corrected chi connectivity index (χ0v) is 9.63. The molecule has 0 radical (unpaired) electrons. The van der Waals surface area contributed by atoms with Crippen LogP contribution in [0.3, 0.4) is 0 Å². The van der Waals surface area contributed by atoms with Gasteiger partial charge in [0.15, 0.2) is 0 Å². The topological polar surface area (TPSA) is 38.3 Å². The maximum Gasteiger partial charge on any atom is 0.407 e. The second-order valence-electron chi connectivity index (χ2n) is 3.72. The summed E-state index contributed by atoms with van der Waals surface area (Å²) in [6.07, 6.45) is -0.400. The number of rotatable bonds is 2. The van der Waals surface area contributed by atoms with Crippen LogP contribution in [0.25, 0.3) is 0 Å². The molecule has 0 heterocycles. The number of amides is 1. The van der Waals surface area contributed by atoms with Gasteiger partial charge in [0.1, 0.15) is 0 Å². The maximum absolute atomic E-state index is 11.1. The van der Waals surface area contributed by atoms with Crippen LogP contribution in [0, 0.1) is 13.8 Å². The van der Waals surface area contributed by atoms with Gasteiger partial charge in [-0.05, 0) is 31.9 Å². The molecule has 1 atom stereocenters. The molecule has 0 saturated carbocycles. The molecule has 0 fully saturated rings. The molecule has 0 aliphatic carbocycles. The molecule has 0 bridgehead atoms. The Balaban J connectivity index is 2.85. The Bertz CT molecular complexity index is 361. The summed E-state index contributed by atoms with van der Waals surface area (Å²) in [5.74, 6) is 0. The quantitative estimate of drug-likeness (QED) is 0.809. The molecule has 0 aliphatic rings. The van der Waals surface area contributed by atoms with Crippen LogP contribution in [-0.2, 0) is 4.74 Å². The molecule has 0 saturated heterocycles. The Morgan fingerprint density at radius 2 is 2.07 bits per heavy atom. The number of alkyl carbamates (subject to hydrolysis) is 1. The van der Waals surface area contributed by atoms with Crippen molar-refractivity contribution in [2.24, 2.45) is 0 Å². The number of hydrogen-bond acceptors (Lipinski definition) is 2. The molecular weight excluding hydrogens is 190 g/mol. The third-order valence-electron chi connectivity index (χ3n) is 2.42. The summed E-state index contributed by atoms with van der Waals surface area (Å²) in [5.41, 5.74) is 3.49. The van der Waals surface area contributed by atoms with Crippen LogP contribution in [0.4, 0.5) is 4.79 Å². The van der Waals surface area contributed by atoms with E-state index in [0.717, 1.165) is 5.56 Å². The first-order chi connectivity index (χ1) is 7.04. The Labute approximate surface area is 90.4 Å². The average Bonchev–Trinajstić information content (AvgIpc) is 2.21. The summed E-state index contributed by atoms with van der Waals surface area (Å²) in [6.45, 7) is 6.01. The fourth-order valence-electron chi connectivity index (χ4n) is 1.54. The van der Waals surface area contributed by atoms with Gasteiger partial charge in [-0.1, -0.05) is 23.8 Å². The minimum Gasteiger partial charge on any atom is -0.453 e. The fourth-order valence-corrected chi connectivity index (χ4v) is 1.54. The number of ether oxygens (including phenoxy) is 1. The standard InChI is InChI=1S/C12H17NO2/c1-8-5-6-9(2)11(7-8)10(3)13-12(14)15-4/h5-7,10H,1-4H3,(H,13,14)/t10-/m0/s1. The highest BCUT2D eigenvalue weighted by atomic mass is 16.5. The van der Waals surface area contributed by atoms with Crippen molar-refractivity contribution < 1.29 is 9.53 Å². The van der Waals surface area contributed by atoms with Gasteiger partial charge in [-0.15, -0.1) is 0 Å². The Morgan fingerprint density at radius 1 is 1.40 bits per heavy atom. The highest BCUT2D eigenvalue weighted by molar-refractivity contribution is 5.67. The predicted octanol–water partition coefficient (Wildman–Crippen LogP) is 2.72. The van der Waals surface area contributed by atoms with Crippen LogP contribution in [0.15, 0.2) is 18.2 Å². The zero-order chi connectivity index (χ0) is 11.4. The molecule has 3 heteroatoms. The number of methoxy groups -OCH3 is 1. The van der Waals surface area contributed by atoms with Gasteiger partial charge in [-0.25, -0.2) is 4.79 Å². The number of carbonyl (C=O) groups is 1. The van der Waals surface area contributed by atoms with Crippen LogP contribution in [0.2, 0.25) is 0 Å². The van der Waals surface area contributed by atoms with Crippen molar-refractivity contribution in [3.8, 4) is 0 Å². The predicted molar refractivity (Wildman–Crippen MR) is 59.9 cm³/mol. The highest BCUT2D eigenvalue weighted by Crippen LogP contribution is 2.18. The van der Waals surface area contributed by atoms with Crippen molar-refractivity contribution in [3.05, 3.63) is 34.9 Å². The number of carbonyl (C=O) groups excluding carboxylic acids is 1. The van der Waals surface area contributed by atoms with Gasteiger partial charge in [-0.3, -0.25) is 0 Å². The number of nitrogens with one attached hydrogen (secondary N) is 1. The van der Waals surface area contributed by atoms with Gasteiger partial charge in [0, 0.05) is 0 Å². The molecule has 0 spiro atoms. The lowest BCUT2D eigenvalue weighted by atomic mass is 10.0. The van der Waals surface area contributed by atoms with E-state index in [-0.39, 0.29) is 6.04 Å². The summed E-state index contributed by atoms with van der Waals surface area (Å²) in [7, 11) is 1.37. The summed E-state index contributed by atoms with van der Waals surface area (Å²) < 4.78 is 4.56. The number of hydrogen-bond donors (Lipinski definition) is 1. The second kappa shape index (κ2) is 4.82. The molecule has 0 unspecified atom stereocenters. The van der Waals surface area contributed by atoms with E-state index < -0.39 is 6.09 Å². The molecule has 15 heavy (non-hydrogen) atoms. The minimum atomic E-state index is -0.400. The van der Waals surface area contributed by atoms with Crippen LogP contribution < -0.4 is 5.32 Å². The smallest absolute Gasteiger partial charge is 0.407 e. The lowest BCUT2D eigenvalue weighted by molar-refractivity contribution is 0.167. The molecule has 3 nitrogen and oxygen atoms in total. The van der Waals surface area contributed by atoms with E-state index >= 15 is 0 Å². The Hall–Kier alpha value is -1.51. The van der Waals surface area contributed by atoms with E-state index in [4.69, 9.17) is 0 Å². The zero-order valence-electron chi connectivity index (χ0n) is 9.63. The lowest BCUT2D eigenvalue weighted by Gasteiger charge is -2.16. The molecule has 0 aromatic heterocycles. The fraction of sp³-hybridized carbons (Fsp3) is 0.417. The first-order valence-corrected chi connectivity index (χ1v) is 4.96. The van der Waals surface area contributed by atoms with Gasteiger partial charge in [0.2, 0.25) is 0 Å². The van der Waals surface area contributed by atoms with Crippen LogP contribution >= 0.6 is 0 Å². The van der Waals surface area contributed by atoms with Crippen LogP contribution in [0.5, 0.6) is 0 Å². The van der Waals surface area contributed by atoms with E-state index in [0.29, 0.717) is 0 Å². The van der Waals surface area contributed by atoms with Crippen molar-refractivity contribution in [3.63, 3.8) is 0 Å². The third-order valence-corrected chi connectivity index (χ3v) is 2.42. The largest absolute Gasteiger partial charge is 0.453 e. The van der Waals surface area contributed by atoms with E-state index in [1.807, 2.05) is 20.8 Å². The normalized spacial score (nSPS) is 12.0. The minimum absolute atomic E-state index is 0.0302. The van der Waals surface area contributed by atoms with Crippen molar-refractivity contribution in [2.45, 2.75) is 26.8 Å². The molecule has 82 valence electrons. The first kappa shape index (κ1) is 11.6. The van der Waals surface area contributed by atoms with Crippen molar-refractivity contribution in [2.75, 3.05) is 7.11 Å². The van der Waals surface area contributed by atoms with Gasteiger partial charge in [0.25, 0.3) is 0 Å². The van der Waals surface area contributed by atoms with Crippen molar-refractivity contribution in [1.82, 2.24) is 5.32 Å². The number of benzene rings is 1. The monoisotopic (exact) mass is 207 g/mol. The molecule has 1 aromatic rings. The van der Waals surface area contributed by atoms with Crippen LogP contribution in [-0.4, -0.2) is 13.2 Å². The lowest BCUT2D eigenvalue weighted by Crippen LogP contribution is -2.26. The molecule has 1 aromatic carbocycles. The molecule has 1 amide bonds. The van der Waals surface area contributed by atoms with Crippen LogP contribution in [0.1, 0.15) is 29.7 Å². The first-order valence-electron chi connectivity index (χ1n) is 4.96. The van der Waals surface area contributed by atoms with Gasteiger partial charge < -0.3 is 10.1 Å². The van der Waals surface area contributed by atoms with Gasteiger partial charge in [0.05, 0.1) is 13.2 Å².